The maximum absolute atomic E-state index is 5.12. The zero-order valence-electron chi connectivity index (χ0n) is 7.00. The second-order valence-corrected chi connectivity index (χ2v) is 3.40. The van der Waals surface area contributed by atoms with Crippen molar-refractivity contribution in [3.8, 4) is 0 Å². The van der Waals surface area contributed by atoms with E-state index in [-0.39, 0.29) is 0 Å². The topological polar surface area (TPSA) is 49.4 Å². The molecule has 0 unspecified atom stereocenters. The summed E-state index contributed by atoms with van der Waals surface area (Å²) in [6.07, 6.45) is 1.62. The Labute approximate surface area is 84.6 Å². The van der Waals surface area contributed by atoms with Crippen LogP contribution in [0, 0.1) is 9.41 Å². The van der Waals surface area contributed by atoms with Gasteiger partial charge in [-0.2, -0.15) is 0 Å². The minimum atomic E-state index is 0.613. The molecule has 13 heavy (non-hydrogen) atoms. The van der Waals surface area contributed by atoms with Crippen LogP contribution in [0.1, 0.15) is 6.92 Å². The van der Waals surface area contributed by atoms with Crippen LogP contribution in [0.4, 0.5) is 0 Å². The highest BCUT2D eigenvalue weighted by Gasteiger charge is 2.02. The van der Waals surface area contributed by atoms with Crippen LogP contribution in [0.25, 0.3) is 11.2 Å². The van der Waals surface area contributed by atoms with Gasteiger partial charge in [0.05, 0.1) is 6.33 Å². The molecule has 0 aliphatic rings. The Morgan fingerprint density at radius 2 is 2.31 bits per heavy atom. The van der Waals surface area contributed by atoms with E-state index in [9.17, 15) is 0 Å². The predicted molar refractivity (Wildman–Crippen MR) is 55.8 cm³/mol. The van der Waals surface area contributed by atoms with Crippen molar-refractivity contribution in [2.24, 2.45) is 0 Å². The number of aromatic amines is 2. The Bertz CT molecular complexity index is 547. The summed E-state index contributed by atoms with van der Waals surface area (Å²) >= 11 is 10.2. The molecule has 0 saturated carbocycles. The Morgan fingerprint density at radius 3 is 3.00 bits per heavy atom. The van der Waals surface area contributed by atoms with E-state index in [1.165, 1.54) is 0 Å². The quantitative estimate of drug-likeness (QED) is 0.712. The summed E-state index contributed by atoms with van der Waals surface area (Å²) in [5.41, 5.74) is 1.65. The molecule has 6 heteroatoms. The lowest BCUT2D eigenvalue weighted by atomic mass is 10.5. The molecule has 0 amide bonds. The molecule has 0 radical (unpaired) electrons. The van der Waals surface area contributed by atoms with Crippen molar-refractivity contribution in [2.45, 2.75) is 13.5 Å². The Balaban J connectivity index is 3.06. The molecular weight excluding hydrogens is 204 g/mol. The first-order chi connectivity index (χ1) is 6.24. The molecule has 2 rings (SSSR count). The van der Waals surface area contributed by atoms with Gasteiger partial charge in [-0.1, -0.05) is 12.2 Å². The first kappa shape index (κ1) is 8.58. The van der Waals surface area contributed by atoms with Crippen molar-refractivity contribution in [3.05, 3.63) is 15.7 Å². The van der Waals surface area contributed by atoms with E-state index in [0.717, 1.165) is 17.7 Å². The van der Waals surface area contributed by atoms with Crippen molar-refractivity contribution in [1.29, 1.82) is 0 Å². The number of aromatic nitrogens is 4. The van der Waals surface area contributed by atoms with Gasteiger partial charge in [0, 0.05) is 6.54 Å². The van der Waals surface area contributed by atoms with Gasteiger partial charge in [0.1, 0.15) is 10.2 Å². The van der Waals surface area contributed by atoms with Crippen LogP contribution in [-0.2, 0) is 6.54 Å². The average molecular weight is 212 g/mol. The number of hydrogen-bond donors (Lipinski definition) is 2. The smallest absolute Gasteiger partial charge is 0.179 e. The maximum atomic E-state index is 5.12. The summed E-state index contributed by atoms with van der Waals surface area (Å²) in [6.45, 7) is 2.80. The third kappa shape index (κ3) is 1.22. The summed E-state index contributed by atoms with van der Waals surface area (Å²) in [6, 6.07) is 0. The number of H-pyrrole nitrogens is 2. The fourth-order valence-corrected chi connectivity index (χ4v) is 1.90. The van der Waals surface area contributed by atoms with Gasteiger partial charge < -0.3 is 14.5 Å². The summed E-state index contributed by atoms with van der Waals surface area (Å²) in [5.74, 6) is 0. The molecule has 2 aromatic heterocycles. The van der Waals surface area contributed by atoms with E-state index in [1.807, 2.05) is 11.5 Å². The standard InChI is InChI=1S/C7H8N4S2/c1-2-11-5-4(8-3-9-5)6(12)10-7(11)13/h3H,2H2,1H3,(H,8,9)(H,10,12,13). The molecule has 0 spiro atoms. The van der Waals surface area contributed by atoms with Crippen molar-refractivity contribution < 1.29 is 0 Å². The Kier molecular flexibility index (Phi) is 2.01. The lowest BCUT2D eigenvalue weighted by Crippen LogP contribution is -2.01. The van der Waals surface area contributed by atoms with Crippen LogP contribution in [0.15, 0.2) is 6.33 Å². The fourth-order valence-electron chi connectivity index (χ4n) is 1.28. The Hall–Kier alpha value is -1.01. The number of nitrogens with one attached hydrogen (secondary N) is 2. The molecule has 0 aromatic carbocycles. The number of fused-ring (bicyclic) bond motifs is 1. The zero-order chi connectivity index (χ0) is 9.42. The van der Waals surface area contributed by atoms with Crippen molar-refractivity contribution in [1.82, 2.24) is 19.5 Å². The molecule has 0 aliphatic carbocycles. The summed E-state index contributed by atoms with van der Waals surface area (Å²) < 4.78 is 3.13. The van der Waals surface area contributed by atoms with Gasteiger partial charge in [-0.3, -0.25) is 0 Å². The van der Waals surface area contributed by atoms with Gasteiger partial charge in [0.25, 0.3) is 0 Å². The molecule has 68 valence electrons. The highest BCUT2D eigenvalue weighted by atomic mass is 32.1. The van der Waals surface area contributed by atoms with Gasteiger partial charge >= 0.3 is 0 Å². The number of aryl methyl sites for hydroxylation is 1. The van der Waals surface area contributed by atoms with Crippen LogP contribution in [0.2, 0.25) is 0 Å². The molecule has 2 heterocycles. The van der Waals surface area contributed by atoms with Gasteiger partial charge in [-0.25, -0.2) is 4.98 Å². The molecule has 0 aliphatic heterocycles. The van der Waals surface area contributed by atoms with Gasteiger partial charge in [-0.05, 0) is 19.1 Å². The number of nitrogens with zero attached hydrogens (tertiary/aromatic N) is 2. The highest BCUT2D eigenvalue weighted by molar-refractivity contribution is 7.72. The SMILES string of the molecule is CCn1c(=S)[nH]c(=S)c2[nH]cnc21. The van der Waals surface area contributed by atoms with Crippen LogP contribution in [0.3, 0.4) is 0 Å². The molecule has 0 atom stereocenters. The van der Waals surface area contributed by atoms with Gasteiger partial charge in [0.2, 0.25) is 0 Å². The molecule has 0 fully saturated rings. The highest BCUT2D eigenvalue weighted by Crippen LogP contribution is 2.09. The second-order valence-electron chi connectivity index (χ2n) is 2.60. The van der Waals surface area contributed by atoms with Crippen molar-refractivity contribution in [3.63, 3.8) is 0 Å². The van der Waals surface area contributed by atoms with Crippen LogP contribution in [0.5, 0.6) is 0 Å². The number of rotatable bonds is 1. The molecule has 2 aromatic rings. The summed E-state index contributed by atoms with van der Waals surface area (Å²) in [7, 11) is 0. The van der Waals surface area contributed by atoms with Crippen molar-refractivity contribution in [2.75, 3.05) is 0 Å². The van der Waals surface area contributed by atoms with E-state index in [0.29, 0.717) is 9.41 Å². The first-order valence-corrected chi connectivity index (χ1v) is 4.72. The lowest BCUT2D eigenvalue weighted by Gasteiger charge is -2.03. The normalized spacial score (nSPS) is 10.8. The van der Waals surface area contributed by atoms with E-state index in [4.69, 9.17) is 24.4 Å². The van der Waals surface area contributed by atoms with Crippen LogP contribution < -0.4 is 0 Å². The molecule has 0 saturated heterocycles. The van der Waals surface area contributed by atoms with Crippen molar-refractivity contribution >= 4 is 35.6 Å². The average Bonchev–Trinajstić information content (AvgIpc) is 2.53. The maximum Gasteiger partial charge on any atom is 0.179 e. The number of hydrogen-bond acceptors (Lipinski definition) is 3. The van der Waals surface area contributed by atoms with Gasteiger partial charge in [-0.15, -0.1) is 0 Å². The van der Waals surface area contributed by atoms with E-state index in [2.05, 4.69) is 15.0 Å². The number of imidazole rings is 1. The summed E-state index contributed by atoms with van der Waals surface area (Å²) in [5, 5.41) is 0. The van der Waals surface area contributed by atoms with E-state index >= 15 is 0 Å². The molecule has 0 bridgehead atoms. The van der Waals surface area contributed by atoms with E-state index in [1.54, 1.807) is 6.33 Å². The first-order valence-electron chi connectivity index (χ1n) is 3.90. The summed E-state index contributed by atoms with van der Waals surface area (Å²) in [4.78, 5) is 10.1. The molecule has 2 N–H and O–H groups in total. The Morgan fingerprint density at radius 1 is 1.54 bits per heavy atom. The van der Waals surface area contributed by atoms with E-state index < -0.39 is 0 Å². The molecule has 4 nitrogen and oxygen atoms in total. The fraction of sp³-hybridized carbons (Fsp3) is 0.286. The van der Waals surface area contributed by atoms with Gasteiger partial charge in [0.15, 0.2) is 10.4 Å². The second kappa shape index (κ2) is 3.04. The zero-order valence-corrected chi connectivity index (χ0v) is 8.63. The third-order valence-corrected chi connectivity index (χ3v) is 2.51. The van der Waals surface area contributed by atoms with Crippen LogP contribution >= 0.6 is 24.4 Å². The minimum absolute atomic E-state index is 0.613. The lowest BCUT2D eigenvalue weighted by molar-refractivity contribution is 0.745. The largest absolute Gasteiger partial charge is 0.341 e. The molecular formula is C7H8N4S2. The monoisotopic (exact) mass is 212 g/mol. The third-order valence-electron chi connectivity index (χ3n) is 1.88. The van der Waals surface area contributed by atoms with Crippen LogP contribution in [-0.4, -0.2) is 19.5 Å². The minimum Gasteiger partial charge on any atom is -0.341 e. The predicted octanol–water partition coefficient (Wildman–Crippen LogP) is 2.17.